The fraction of sp³-hybridized carbons (Fsp3) is 0.569. The number of alkyl carbamates (subject to hydrolysis) is 1. The van der Waals surface area contributed by atoms with Crippen molar-refractivity contribution in [1.29, 1.82) is 0 Å². The summed E-state index contributed by atoms with van der Waals surface area (Å²) in [5.41, 5.74) is 4.84. The summed E-state index contributed by atoms with van der Waals surface area (Å²) in [6.45, 7) is 16.9. The average molecular weight is 913 g/mol. The number of benzene rings is 2. The topological polar surface area (TPSA) is 172 Å². The van der Waals surface area contributed by atoms with Crippen LogP contribution in [0.3, 0.4) is 0 Å². The summed E-state index contributed by atoms with van der Waals surface area (Å²) < 4.78 is 30.2. The molecule has 66 heavy (non-hydrogen) atoms. The maximum Gasteiger partial charge on any atom is 0.408 e. The lowest BCUT2D eigenvalue weighted by molar-refractivity contribution is -0.206. The van der Waals surface area contributed by atoms with Crippen molar-refractivity contribution in [3.05, 3.63) is 77.0 Å². The summed E-state index contributed by atoms with van der Waals surface area (Å²) in [6.07, 6.45) is 8.76. The van der Waals surface area contributed by atoms with Gasteiger partial charge in [0.2, 0.25) is 5.91 Å². The molecule has 5 atom stereocenters. The molecule has 0 bridgehead atoms. The van der Waals surface area contributed by atoms with E-state index in [0.29, 0.717) is 19.5 Å². The molecule has 2 amide bonds. The molecule has 1 aliphatic carbocycles. The number of nitrogens with one attached hydrogen (secondary N) is 1. The molecule has 3 heterocycles. The number of aryl methyl sites for hydroxylation is 1. The van der Waals surface area contributed by atoms with E-state index in [1.807, 2.05) is 17.0 Å². The second kappa shape index (κ2) is 21.7. The molecule has 1 saturated carbocycles. The van der Waals surface area contributed by atoms with Crippen LogP contribution in [0.2, 0.25) is 0 Å². The molecule has 0 radical (unpaired) electrons. The van der Waals surface area contributed by atoms with Crippen LogP contribution in [0.1, 0.15) is 115 Å². The van der Waals surface area contributed by atoms with Gasteiger partial charge in [-0.3, -0.25) is 24.0 Å². The van der Waals surface area contributed by atoms with Crippen molar-refractivity contribution in [3.8, 4) is 0 Å². The van der Waals surface area contributed by atoms with Crippen molar-refractivity contribution >= 4 is 52.9 Å². The first kappa shape index (κ1) is 49.7. The van der Waals surface area contributed by atoms with Crippen molar-refractivity contribution in [3.63, 3.8) is 0 Å². The summed E-state index contributed by atoms with van der Waals surface area (Å²) in [5.74, 6) is -2.99. The Bertz CT molecular complexity index is 2250. The second-order valence-electron chi connectivity index (χ2n) is 19.3. The smallest absolute Gasteiger partial charge is 0.408 e. The Morgan fingerprint density at radius 3 is 2.14 bits per heavy atom. The van der Waals surface area contributed by atoms with Gasteiger partial charge in [0.1, 0.15) is 18.2 Å². The molecule has 2 aliphatic heterocycles. The second-order valence-corrected chi connectivity index (χ2v) is 19.3. The Kier molecular flexibility index (Phi) is 16.4. The minimum atomic E-state index is -1.16. The predicted octanol–water partition coefficient (Wildman–Crippen LogP) is 7.09. The lowest BCUT2D eigenvalue weighted by Crippen LogP contribution is -2.57. The Balaban J connectivity index is 1.10. The number of rotatable bonds is 14. The molecule has 3 fully saturated rings. The molecule has 1 aromatic heterocycles. The molecule has 358 valence electrons. The van der Waals surface area contributed by atoms with Crippen LogP contribution in [0.4, 0.5) is 4.79 Å². The third-order valence-electron chi connectivity index (χ3n) is 12.9. The molecule has 3 aromatic rings. The van der Waals surface area contributed by atoms with E-state index in [-0.39, 0.29) is 30.9 Å². The van der Waals surface area contributed by atoms with Crippen LogP contribution in [0.5, 0.6) is 0 Å². The standard InChI is InChI=1S/C51H68N4O11/c1-33-13-11-15-42-45(33)40(30-55(42)43-28-41(31-62-34(2)56)46(63-35(3)57)48(65-37(5)59)47(43)64-36(4)58)27-39-18-16-38(17-19-39)14-9-10-23-53-24-12-20-51(32-53)21-25-54(26-22-51)44(60)29-52-49(61)66-50(6,7)8/h9,11,13-19,30,41,43,46-48H,10,12,20-29,31-32H2,1-8H3,(H,52,61)/t41-,43-,46-,47+,48+/m1/s1. The largest absolute Gasteiger partial charge is 0.465 e. The van der Waals surface area contributed by atoms with Crippen LogP contribution >= 0.6 is 0 Å². The third-order valence-corrected chi connectivity index (χ3v) is 12.9. The Morgan fingerprint density at radius 2 is 1.48 bits per heavy atom. The molecule has 1 spiro atoms. The highest BCUT2D eigenvalue weighted by atomic mass is 16.6. The zero-order chi connectivity index (χ0) is 47.8. The van der Waals surface area contributed by atoms with Crippen LogP contribution in [-0.4, -0.2) is 120 Å². The van der Waals surface area contributed by atoms with Crippen molar-refractivity contribution in [2.75, 3.05) is 45.9 Å². The van der Waals surface area contributed by atoms with E-state index in [0.717, 1.165) is 78.5 Å². The van der Waals surface area contributed by atoms with Gasteiger partial charge >= 0.3 is 30.0 Å². The number of carbonyl (C=O) groups excluding carboxylic acids is 6. The number of fused-ring (bicyclic) bond motifs is 1. The zero-order valence-electron chi connectivity index (χ0n) is 39.9. The maximum atomic E-state index is 12.8. The number of esters is 4. The molecule has 3 aliphatic rings. The highest BCUT2D eigenvalue weighted by molar-refractivity contribution is 5.88. The van der Waals surface area contributed by atoms with Crippen molar-refractivity contribution in [2.24, 2.45) is 11.3 Å². The molecule has 0 unspecified atom stereocenters. The summed E-state index contributed by atoms with van der Waals surface area (Å²) >= 11 is 0. The molecule has 2 saturated heterocycles. The molecule has 6 rings (SSSR count). The number of hydrogen-bond donors (Lipinski definition) is 1. The Labute approximate surface area is 388 Å². The first-order valence-electron chi connectivity index (χ1n) is 23.3. The molecular weight excluding hydrogens is 845 g/mol. The Morgan fingerprint density at radius 1 is 0.818 bits per heavy atom. The van der Waals surface area contributed by atoms with Crippen LogP contribution in [0.15, 0.2) is 54.7 Å². The first-order valence-corrected chi connectivity index (χ1v) is 23.3. The van der Waals surface area contributed by atoms with Crippen LogP contribution in [0.25, 0.3) is 17.0 Å². The van der Waals surface area contributed by atoms with Crippen LogP contribution in [-0.2, 0) is 54.1 Å². The fourth-order valence-electron chi connectivity index (χ4n) is 10.1. The number of carbonyl (C=O) groups is 6. The zero-order valence-corrected chi connectivity index (χ0v) is 39.9. The SMILES string of the molecule is CC(=O)OC[C@H]1C[C@@H](n2cc(Cc3ccc(C=CCCN4CCCC5(CCN(C(=O)CNC(=O)OC(C)(C)C)CC5)C4)cc3)c3c(C)cccc32)[C@H](OC(C)=O)[C@@H](OC(C)=O)[C@@H]1OC(C)=O. The third kappa shape index (κ3) is 13.2. The van der Waals surface area contributed by atoms with E-state index >= 15 is 0 Å². The number of ether oxygens (including phenoxy) is 5. The predicted molar refractivity (Wildman–Crippen MR) is 248 cm³/mol. The summed E-state index contributed by atoms with van der Waals surface area (Å²) in [4.78, 5) is 78.8. The van der Waals surface area contributed by atoms with E-state index in [2.05, 4.69) is 70.4 Å². The maximum absolute atomic E-state index is 12.8. The van der Waals surface area contributed by atoms with E-state index in [9.17, 15) is 28.8 Å². The van der Waals surface area contributed by atoms with E-state index in [1.54, 1.807) is 20.8 Å². The number of nitrogens with zero attached hydrogens (tertiary/aromatic N) is 3. The number of piperidine rings is 2. The molecule has 15 nitrogen and oxygen atoms in total. The highest BCUT2D eigenvalue weighted by Crippen LogP contribution is 2.43. The normalized spacial score (nSPS) is 22.2. The molecular formula is C51H68N4O11. The van der Waals surface area contributed by atoms with Gasteiger partial charge in [-0.2, -0.15) is 0 Å². The van der Waals surface area contributed by atoms with Crippen molar-refractivity contribution < 1.29 is 52.5 Å². The summed E-state index contributed by atoms with van der Waals surface area (Å²) in [6, 6.07) is 14.0. The fourth-order valence-corrected chi connectivity index (χ4v) is 10.1. The van der Waals surface area contributed by atoms with E-state index in [4.69, 9.17) is 23.7 Å². The van der Waals surface area contributed by atoms with Crippen LogP contribution in [0, 0.1) is 18.3 Å². The van der Waals surface area contributed by atoms with Gasteiger partial charge in [-0.05, 0) is 113 Å². The lowest BCUT2D eigenvalue weighted by atomic mass is 9.72. The highest BCUT2D eigenvalue weighted by Gasteiger charge is 2.52. The number of aromatic nitrogens is 1. The van der Waals surface area contributed by atoms with Gasteiger partial charge in [-0.1, -0.05) is 48.6 Å². The van der Waals surface area contributed by atoms with Gasteiger partial charge in [0.25, 0.3) is 0 Å². The molecule has 1 N–H and O–H groups in total. The first-order chi connectivity index (χ1) is 31.3. The van der Waals surface area contributed by atoms with Gasteiger partial charge < -0.3 is 43.4 Å². The summed E-state index contributed by atoms with van der Waals surface area (Å²) in [7, 11) is 0. The van der Waals surface area contributed by atoms with Gasteiger partial charge in [0, 0.05) is 76.9 Å². The minimum Gasteiger partial charge on any atom is -0.465 e. The average Bonchev–Trinajstić information content (AvgIpc) is 3.61. The van der Waals surface area contributed by atoms with Gasteiger partial charge in [0.05, 0.1) is 12.6 Å². The van der Waals surface area contributed by atoms with Crippen molar-refractivity contribution in [2.45, 2.75) is 130 Å². The van der Waals surface area contributed by atoms with E-state index < -0.39 is 65.8 Å². The number of likely N-dealkylation sites (tertiary alicyclic amines) is 2. The van der Waals surface area contributed by atoms with Gasteiger partial charge in [-0.15, -0.1) is 0 Å². The summed E-state index contributed by atoms with van der Waals surface area (Å²) in [5, 5.41) is 3.65. The lowest BCUT2D eigenvalue weighted by Gasteiger charge is -2.47. The molecule has 15 heteroatoms. The van der Waals surface area contributed by atoms with E-state index in [1.165, 1.54) is 34.1 Å². The molecule has 2 aromatic carbocycles. The minimum absolute atomic E-state index is 0.0538. The van der Waals surface area contributed by atoms with Crippen LogP contribution < -0.4 is 5.32 Å². The van der Waals surface area contributed by atoms with Gasteiger partial charge in [-0.25, -0.2) is 4.79 Å². The number of amides is 2. The Hall–Kier alpha value is -5.70. The quantitative estimate of drug-likeness (QED) is 0.129. The van der Waals surface area contributed by atoms with Gasteiger partial charge in [0.15, 0.2) is 12.2 Å². The number of hydrogen-bond acceptors (Lipinski definition) is 12. The van der Waals surface area contributed by atoms with Crippen molar-refractivity contribution in [1.82, 2.24) is 19.7 Å². The monoisotopic (exact) mass is 912 g/mol.